The quantitative estimate of drug-likeness (QED) is 0.241. The first-order valence-corrected chi connectivity index (χ1v) is 9.27. The van der Waals surface area contributed by atoms with E-state index in [1.807, 2.05) is 30.3 Å². The lowest BCUT2D eigenvalue weighted by Crippen LogP contribution is -2.11. The van der Waals surface area contributed by atoms with Gasteiger partial charge in [0.1, 0.15) is 11.6 Å². The Labute approximate surface area is 152 Å². The fourth-order valence-corrected chi connectivity index (χ4v) is 1.76. The number of esters is 1. The van der Waals surface area contributed by atoms with Crippen LogP contribution in [-0.4, -0.2) is 31.0 Å². The van der Waals surface area contributed by atoms with Crippen LogP contribution < -0.4 is 10.5 Å². The van der Waals surface area contributed by atoms with Crippen molar-refractivity contribution in [2.75, 3.05) is 6.26 Å². The molecule has 4 N–H and O–H groups in total. The Bertz CT molecular complexity index is 852. The molecule has 0 bridgehead atoms. The minimum Gasteiger partial charge on any atom is -0.426 e. The first-order valence-electron chi connectivity index (χ1n) is 7.43. The number of nitrogens with two attached hydrogens (primary N) is 1. The topological polar surface area (TPSA) is 131 Å². The van der Waals surface area contributed by atoms with Crippen molar-refractivity contribution < 1.29 is 22.5 Å². The highest BCUT2D eigenvalue weighted by molar-refractivity contribution is 7.85. The van der Waals surface area contributed by atoms with E-state index in [2.05, 4.69) is 0 Å². The largest absolute Gasteiger partial charge is 0.426 e. The summed E-state index contributed by atoms with van der Waals surface area (Å²) in [5, 5.41) is 7.11. The number of carbonyl (C=O) groups excluding carboxylic acids is 1. The fourth-order valence-electron chi connectivity index (χ4n) is 1.76. The standard InChI is InChI=1S/C17H16N2O2.CH4O3S/c18-16(19)11-8-13-6-9-15(10-7-13)21-17(20)12-14-4-2-1-3-5-14;1-5(2,3)4/h1-11H,12H2,(H3,18,19);1H3,(H,2,3,4). The molecule has 0 aliphatic heterocycles. The minimum absolute atomic E-state index is 0.00614. The molecule has 2 aromatic carbocycles. The predicted octanol–water partition coefficient (Wildman–Crippen LogP) is 2.29. The lowest BCUT2D eigenvalue weighted by molar-refractivity contribution is -0.133. The van der Waals surface area contributed by atoms with Crippen LogP contribution in [-0.2, 0) is 21.3 Å². The molecule has 0 saturated carbocycles. The first-order chi connectivity index (χ1) is 12.1. The second-order valence-corrected chi connectivity index (χ2v) is 6.69. The number of nitrogens with one attached hydrogen (secondary N) is 1. The van der Waals surface area contributed by atoms with E-state index in [0.29, 0.717) is 12.0 Å². The highest BCUT2D eigenvalue weighted by Gasteiger charge is 2.05. The van der Waals surface area contributed by atoms with Gasteiger partial charge in [0, 0.05) is 0 Å². The van der Waals surface area contributed by atoms with Crippen LogP contribution in [0, 0.1) is 5.41 Å². The molecule has 0 saturated heterocycles. The maximum atomic E-state index is 11.8. The van der Waals surface area contributed by atoms with Gasteiger partial charge in [-0.3, -0.25) is 14.8 Å². The molecule has 0 atom stereocenters. The van der Waals surface area contributed by atoms with Gasteiger partial charge in [0.15, 0.2) is 0 Å². The van der Waals surface area contributed by atoms with Crippen molar-refractivity contribution in [3.8, 4) is 5.75 Å². The zero-order valence-corrected chi connectivity index (χ0v) is 14.9. The molecular weight excluding hydrogens is 356 g/mol. The van der Waals surface area contributed by atoms with Crippen molar-refractivity contribution in [1.29, 1.82) is 5.41 Å². The van der Waals surface area contributed by atoms with Crippen LogP contribution in [0.2, 0.25) is 0 Å². The summed E-state index contributed by atoms with van der Waals surface area (Å²) in [6.07, 6.45) is 4.17. The Balaban J connectivity index is 0.000000597. The van der Waals surface area contributed by atoms with Gasteiger partial charge in [0.2, 0.25) is 0 Å². The third kappa shape index (κ3) is 10.7. The molecule has 0 heterocycles. The predicted molar refractivity (Wildman–Crippen MR) is 101 cm³/mol. The molecule has 0 aromatic heterocycles. The van der Waals surface area contributed by atoms with E-state index in [1.54, 1.807) is 30.3 Å². The fraction of sp³-hybridized carbons (Fsp3) is 0.111. The first kappa shape index (κ1) is 21.1. The molecule has 138 valence electrons. The monoisotopic (exact) mass is 376 g/mol. The van der Waals surface area contributed by atoms with Crippen molar-refractivity contribution in [2.24, 2.45) is 5.73 Å². The van der Waals surface area contributed by atoms with Gasteiger partial charge in [0.25, 0.3) is 10.1 Å². The van der Waals surface area contributed by atoms with E-state index in [1.165, 1.54) is 6.08 Å². The van der Waals surface area contributed by atoms with E-state index >= 15 is 0 Å². The van der Waals surface area contributed by atoms with E-state index in [9.17, 15) is 13.2 Å². The third-order valence-corrected chi connectivity index (χ3v) is 2.76. The number of carbonyl (C=O) groups is 1. The third-order valence-electron chi connectivity index (χ3n) is 2.76. The molecule has 0 unspecified atom stereocenters. The molecule has 0 aliphatic carbocycles. The molecule has 0 amide bonds. The van der Waals surface area contributed by atoms with Crippen LogP contribution in [0.4, 0.5) is 0 Å². The molecule has 0 spiro atoms. The van der Waals surface area contributed by atoms with Gasteiger partial charge in [-0.05, 0) is 29.3 Å². The Kier molecular flexibility index (Phi) is 8.20. The Morgan fingerprint density at radius 2 is 1.69 bits per heavy atom. The van der Waals surface area contributed by atoms with Crippen LogP contribution in [0.25, 0.3) is 6.08 Å². The number of hydrogen-bond acceptors (Lipinski definition) is 5. The van der Waals surface area contributed by atoms with Crippen LogP contribution in [0.1, 0.15) is 11.1 Å². The smallest absolute Gasteiger partial charge is 0.315 e. The Hall–Kier alpha value is -2.97. The van der Waals surface area contributed by atoms with E-state index in [4.69, 9.17) is 20.4 Å². The van der Waals surface area contributed by atoms with Gasteiger partial charge >= 0.3 is 5.97 Å². The van der Waals surface area contributed by atoms with Crippen LogP contribution in [0.15, 0.2) is 60.7 Å². The van der Waals surface area contributed by atoms with Gasteiger partial charge in [-0.15, -0.1) is 0 Å². The van der Waals surface area contributed by atoms with Gasteiger partial charge in [-0.2, -0.15) is 8.42 Å². The number of benzene rings is 2. The molecule has 7 nitrogen and oxygen atoms in total. The summed E-state index contributed by atoms with van der Waals surface area (Å²) >= 11 is 0. The zero-order valence-electron chi connectivity index (χ0n) is 14.1. The molecule has 2 rings (SSSR count). The van der Waals surface area contributed by atoms with Crippen LogP contribution >= 0.6 is 0 Å². The van der Waals surface area contributed by atoms with E-state index < -0.39 is 10.1 Å². The normalized spacial score (nSPS) is 10.7. The number of hydrogen-bond donors (Lipinski definition) is 3. The molecule has 8 heteroatoms. The van der Waals surface area contributed by atoms with Crippen molar-refractivity contribution in [2.45, 2.75) is 6.42 Å². The summed E-state index contributed by atoms with van der Waals surface area (Å²) in [5.74, 6) is 0.192. The Morgan fingerprint density at radius 3 is 2.19 bits per heavy atom. The van der Waals surface area contributed by atoms with E-state index in [-0.39, 0.29) is 18.2 Å². The highest BCUT2D eigenvalue weighted by Crippen LogP contribution is 2.14. The zero-order chi connectivity index (χ0) is 19.6. The number of amidine groups is 1. The summed E-state index contributed by atoms with van der Waals surface area (Å²) < 4.78 is 31.1. The van der Waals surface area contributed by atoms with Crippen LogP contribution in [0.3, 0.4) is 0 Å². The van der Waals surface area contributed by atoms with Gasteiger partial charge < -0.3 is 10.5 Å². The Morgan fingerprint density at radius 1 is 1.15 bits per heavy atom. The molecule has 0 aliphatic rings. The summed E-state index contributed by atoms with van der Waals surface area (Å²) in [5.41, 5.74) is 7.04. The summed E-state index contributed by atoms with van der Waals surface area (Å²) in [6, 6.07) is 16.5. The molecule has 0 fully saturated rings. The number of ether oxygens (including phenoxy) is 1. The lowest BCUT2D eigenvalue weighted by atomic mass is 10.1. The van der Waals surface area contributed by atoms with Crippen molar-refractivity contribution >= 4 is 28.0 Å². The summed E-state index contributed by atoms with van der Waals surface area (Å²) in [7, 11) is -3.67. The lowest BCUT2D eigenvalue weighted by Gasteiger charge is -2.04. The second-order valence-electron chi connectivity index (χ2n) is 5.23. The number of rotatable bonds is 5. The van der Waals surface area contributed by atoms with Gasteiger partial charge in [-0.25, -0.2) is 0 Å². The second kappa shape index (κ2) is 10.1. The molecular formula is C18H20N2O5S. The van der Waals surface area contributed by atoms with E-state index in [0.717, 1.165) is 11.1 Å². The molecule has 0 radical (unpaired) electrons. The van der Waals surface area contributed by atoms with Gasteiger partial charge in [-0.1, -0.05) is 48.5 Å². The maximum absolute atomic E-state index is 11.8. The highest BCUT2D eigenvalue weighted by atomic mass is 32.2. The van der Waals surface area contributed by atoms with Crippen molar-refractivity contribution in [1.82, 2.24) is 0 Å². The van der Waals surface area contributed by atoms with Gasteiger partial charge in [0.05, 0.1) is 12.7 Å². The maximum Gasteiger partial charge on any atom is 0.315 e. The van der Waals surface area contributed by atoms with Crippen molar-refractivity contribution in [3.05, 3.63) is 71.8 Å². The summed E-state index contributed by atoms with van der Waals surface area (Å²) in [6.45, 7) is 0. The van der Waals surface area contributed by atoms with Crippen molar-refractivity contribution in [3.63, 3.8) is 0 Å². The average molecular weight is 376 g/mol. The minimum atomic E-state index is -3.67. The average Bonchev–Trinajstić information content (AvgIpc) is 2.53. The molecule has 26 heavy (non-hydrogen) atoms. The van der Waals surface area contributed by atoms with Crippen LogP contribution in [0.5, 0.6) is 5.75 Å². The summed E-state index contributed by atoms with van der Waals surface area (Å²) in [4.78, 5) is 11.8. The SMILES string of the molecule is CS(=O)(=O)O.N=C(N)C=Cc1ccc(OC(=O)Cc2ccccc2)cc1. The molecule has 2 aromatic rings.